The van der Waals surface area contributed by atoms with Crippen molar-refractivity contribution in [2.24, 2.45) is 5.92 Å². The van der Waals surface area contributed by atoms with Gasteiger partial charge in [-0.25, -0.2) is 0 Å². The summed E-state index contributed by atoms with van der Waals surface area (Å²) in [6, 6.07) is -0.480. The van der Waals surface area contributed by atoms with Crippen LogP contribution in [0.25, 0.3) is 0 Å². The first-order valence-electron chi connectivity index (χ1n) is 5.79. The lowest BCUT2D eigenvalue weighted by atomic mass is 9.89. The quantitative estimate of drug-likeness (QED) is 0.519. The Morgan fingerprint density at radius 3 is 2.38 bits per heavy atom. The number of morpholine rings is 1. The van der Waals surface area contributed by atoms with Gasteiger partial charge in [0.25, 0.3) is 0 Å². The van der Waals surface area contributed by atoms with Gasteiger partial charge in [-0.15, -0.1) is 0 Å². The van der Waals surface area contributed by atoms with Crippen LogP contribution in [-0.4, -0.2) is 47.6 Å². The topological polar surface area (TPSA) is 66.8 Å². The highest BCUT2D eigenvalue weighted by Crippen LogP contribution is 2.24. The average Bonchev–Trinajstić information content (AvgIpc) is 2.42. The van der Waals surface area contributed by atoms with Gasteiger partial charge in [0.2, 0.25) is 0 Å². The summed E-state index contributed by atoms with van der Waals surface area (Å²) < 4.78 is 5.24. The third kappa shape index (κ3) is 2.31. The van der Waals surface area contributed by atoms with Gasteiger partial charge in [-0.1, -0.05) is 0 Å². The lowest BCUT2D eigenvalue weighted by Crippen LogP contribution is -2.51. The molecule has 90 valence electrons. The van der Waals surface area contributed by atoms with Gasteiger partial charge in [-0.3, -0.25) is 9.59 Å². The summed E-state index contributed by atoms with van der Waals surface area (Å²) in [4.78, 5) is 23.7. The van der Waals surface area contributed by atoms with Gasteiger partial charge in [0, 0.05) is 19.4 Å². The van der Waals surface area contributed by atoms with Gasteiger partial charge in [-0.2, -0.15) is 5.06 Å². The molecule has 0 bridgehead atoms. The Hall–Kier alpha value is -0.780. The van der Waals surface area contributed by atoms with Crippen LogP contribution in [-0.2, 0) is 14.3 Å². The molecular weight excluding hydrogens is 210 g/mol. The smallest absolute Gasteiger partial charge is 0.145 e. The molecule has 0 aromatic carbocycles. The lowest BCUT2D eigenvalue weighted by Gasteiger charge is -2.34. The number of ketones is 2. The highest BCUT2D eigenvalue weighted by Gasteiger charge is 2.39. The molecule has 2 rings (SSSR count). The van der Waals surface area contributed by atoms with E-state index in [4.69, 9.17) is 4.74 Å². The van der Waals surface area contributed by atoms with Crippen molar-refractivity contribution in [1.29, 1.82) is 0 Å². The first-order valence-corrected chi connectivity index (χ1v) is 5.79. The molecule has 5 heteroatoms. The molecule has 16 heavy (non-hydrogen) atoms. The van der Waals surface area contributed by atoms with E-state index in [1.807, 2.05) is 0 Å². The number of carbonyl (C=O) groups is 2. The molecule has 1 atom stereocenters. The van der Waals surface area contributed by atoms with Crippen molar-refractivity contribution in [2.45, 2.75) is 31.7 Å². The highest BCUT2D eigenvalue weighted by atomic mass is 16.5. The molecule has 0 amide bonds. The van der Waals surface area contributed by atoms with Crippen molar-refractivity contribution in [3.05, 3.63) is 0 Å². The maximum absolute atomic E-state index is 11.9. The van der Waals surface area contributed by atoms with Crippen LogP contribution in [0.5, 0.6) is 0 Å². The second-order valence-corrected chi connectivity index (χ2v) is 4.42. The molecule has 1 heterocycles. The molecule has 0 spiro atoms. The Bertz CT molecular complexity index is 274. The minimum atomic E-state index is -0.687. The molecule has 0 radical (unpaired) electrons. The SMILES string of the molecule is O=C1CCCCC(=O)C1C1COCCN1O. The van der Waals surface area contributed by atoms with Crippen molar-refractivity contribution in [3.63, 3.8) is 0 Å². The fourth-order valence-electron chi connectivity index (χ4n) is 2.40. The van der Waals surface area contributed by atoms with Crippen LogP contribution in [0, 0.1) is 5.92 Å². The lowest BCUT2D eigenvalue weighted by molar-refractivity contribution is -0.196. The predicted molar refractivity (Wildman–Crippen MR) is 55.1 cm³/mol. The van der Waals surface area contributed by atoms with Gasteiger partial charge >= 0.3 is 0 Å². The Kier molecular flexibility index (Phi) is 3.68. The monoisotopic (exact) mass is 227 g/mol. The number of Topliss-reactive ketones (excluding diaryl/α,β-unsaturated/α-hetero) is 2. The van der Waals surface area contributed by atoms with E-state index in [0.717, 1.165) is 17.9 Å². The maximum Gasteiger partial charge on any atom is 0.145 e. The number of hydrogen-bond donors (Lipinski definition) is 1. The molecule has 1 N–H and O–H groups in total. The van der Waals surface area contributed by atoms with E-state index in [1.165, 1.54) is 0 Å². The van der Waals surface area contributed by atoms with Gasteiger partial charge in [0.1, 0.15) is 11.6 Å². The van der Waals surface area contributed by atoms with Crippen LogP contribution in [0.3, 0.4) is 0 Å². The van der Waals surface area contributed by atoms with Crippen LogP contribution in [0.4, 0.5) is 0 Å². The first-order chi connectivity index (χ1) is 7.70. The number of ether oxygens (including phenoxy) is 1. The van der Waals surface area contributed by atoms with Crippen LogP contribution >= 0.6 is 0 Å². The molecule has 0 aromatic rings. The summed E-state index contributed by atoms with van der Waals surface area (Å²) in [6.07, 6.45) is 2.45. The number of carbonyl (C=O) groups excluding carboxylic acids is 2. The summed E-state index contributed by atoms with van der Waals surface area (Å²) in [5, 5.41) is 10.8. The third-order valence-electron chi connectivity index (χ3n) is 3.31. The number of nitrogens with zero attached hydrogens (tertiary/aromatic N) is 1. The van der Waals surface area contributed by atoms with Crippen molar-refractivity contribution < 1.29 is 19.5 Å². The molecule has 1 unspecified atom stereocenters. The van der Waals surface area contributed by atoms with Crippen molar-refractivity contribution in [2.75, 3.05) is 19.8 Å². The Balaban J connectivity index is 2.14. The predicted octanol–water partition coefficient (Wildman–Crippen LogP) is 0.405. The molecule has 1 saturated carbocycles. The average molecular weight is 227 g/mol. The maximum atomic E-state index is 11.9. The second kappa shape index (κ2) is 5.03. The Morgan fingerprint density at radius 1 is 1.19 bits per heavy atom. The summed E-state index contributed by atoms with van der Waals surface area (Å²) in [6.45, 7) is 1.07. The van der Waals surface area contributed by atoms with E-state index < -0.39 is 12.0 Å². The molecule has 1 saturated heterocycles. The zero-order valence-corrected chi connectivity index (χ0v) is 9.22. The fraction of sp³-hybridized carbons (Fsp3) is 0.818. The molecular formula is C11H17NO4. The minimum Gasteiger partial charge on any atom is -0.378 e. The van der Waals surface area contributed by atoms with E-state index in [-0.39, 0.29) is 18.2 Å². The largest absolute Gasteiger partial charge is 0.378 e. The zero-order chi connectivity index (χ0) is 11.5. The number of hydroxylamine groups is 2. The first kappa shape index (κ1) is 11.7. The molecule has 2 aliphatic rings. The van der Waals surface area contributed by atoms with E-state index in [0.29, 0.717) is 26.0 Å². The minimum absolute atomic E-state index is 0.0444. The van der Waals surface area contributed by atoms with Crippen LogP contribution in [0.2, 0.25) is 0 Å². The van der Waals surface area contributed by atoms with Gasteiger partial charge in [-0.05, 0) is 12.8 Å². The Labute approximate surface area is 94.3 Å². The van der Waals surface area contributed by atoms with Gasteiger partial charge in [0.05, 0.1) is 25.2 Å². The third-order valence-corrected chi connectivity index (χ3v) is 3.31. The molecule has 1 aliphatic heterocycles. The number of hydrogen-bond acceptors (Lipinski definition) is 5. The van der Waals surface area contributed by atoms with Gasteiger partial charge < -0.3 is 9.94 Å². The van der Waals surface area contributed by atoms with Crippen LogP contribution in [0.15, 0.2) is 0 Å². The highest BCUT2D eigenvalue weighted by molar-refractivity contribution is 6.03. The standard InChI is InChI=1S/C11H17NO4/c13-9-3-1-2-4-10(14)11(9)8-7-16-6-5-12(8)15/h8,11,15H,1-7H2. The van der Waals surface area contributed by atoms with E-state index in [1.54, 1.807) is 0 Å². The summed E-state index contributed by atoms with van der Waals surface area (Å²) >= 11 is 0. The second-order valence-electron chi connectivity index (χ2n) is 4.42. The van der Waals surface area contributed by atoms with Crippen LogP contribution < -0.4 is 0 Å². The van der Waals surface area contributed by atoms with E-state index in [9.17, 15) is 14.8 Å². The molecule has 1 aliphatic carbocycles. The van der Waals surface area contributed by atoms with E-state index >= 15 is 0 Å². The summed E-state index contributed by atoms with van der Waals surface area (Å²) in [5.74, 6) is -0.776. The molecule has 5 nitrogen and oxygen atoms in total. The van der Waals surface area contributed by atoms with Crippen molar-refractivity contribution in [1.82, 2.24) is 5.06 Å². The number of rotatable bonds is 1. The fourth-order valence-corrected chi connectivity index (χ4v) is 2.40. The van der Waals surface area contributed by atoms with Crippen molar-refractivity contribution in [3.8, 4) is 0 Å². The van der Waals surface area contributed by atoms with Crippen LogP contribution in [0.1, 0.15) is 25.7 Å². The van der Waals surface area contributed by atoms with E-state index in [2.05, 4.69) is 0 Å². The molecule has 0 aromatic heterocycles. The zero-order valence-electron chi connectivity index (χ0n) is 9.22. The Morgan fingerprint density at radius 2 is 1.81 bits per heavy atom. The summed E-state index contributed by atoms with van der Waals surface area (Å²) in [7, 11) is 0. The molecule has 2 fully saturated rings. The normalized spacial score (nSPS) is 30.4. The summed E-state index contributed by atoms with van der Waals surface area (Å²) in [5.41, 5.74) is 0. The van der Waals surface area contributed by atoms with Crippen molar-refractivity contribution >= 4 is 11.6 Å². The van der Waals surface area contributed by atoms with Gasteiger partial charge in [0.15, 0.2) is 0 Å².